The predicted octanol–water partition coefficient (Wildman–Crippen LogP) is 1.66. The van der Waals surface area contributed by atoms with Crippen LogP contribution >= 0.6 is 0 Å². The maximum atomic E-state index is 10.8. The van der Waals surface area contributed by atoms with Crippen LogP contribution in [0.1, 0.15) is 10.4 Å². The van der Waals surface area contributed by atoms with Crippen molar-refractivity contribution in [2.75, 3.05) is 0 Å². The van der Waals surface area contributed by atoms with E-state index >= 15 is 0 Å². The van der Waals surface area contributed by atoms with Crippen molar-refractivity contribution in [2.24, 2.45) is 0 Å². The van der Waals surface area contributed by atoms with Crippen LogP contribution < -0.4 is 0 Å². The number of nitrogens with zero attached hydrogens (tertiary/aromatic N) is 2. The third kappa shape index (κ3) is 1.69. The van der Waals surface area contributed by atoms with E-state index in [-0.39, 0.29) is 11.3 Å². The largest absolute Gasteiger partial charge is 0.507 e. The molecule has 2 rings (SSSR count). The summed E-state index contributed by atoms with van der Waals surface area (Å²) in [5.41, 5.74) is 0.745. The second-order valence-electron chi connectivity index (χ2n) is 2.93. The van der Waals surface area contributed by atoms with Crippen LogP contribution in [0.5, 0.6) is 5.75 Å². The van der Waals surface area contributed by atoms with Crippen molar-refractivity contribution in [1.29, 1.82) is 0 Å². The lowest BCUT2D eigenvalue weighted by molar-refractivity contribution is 0.112. The van der Waals surface area contributed by atoms with Gasteiger partial charge in [0.15, 0.2) is 12.1 Å². The lowest BCUT2D eigenvalue weighted by Gasteiger charge is -2.03. The first-order chi connectivity index (χ1) is 7.33. The van der Waals surface area contributed by atoms with Gasteiger partial charge in [-0.3, -0.25) is 4.79 Å². The number of carbonyl (C=O) groups is 1. The summed E-state index contributed by atoms with van der Waals surface area (Å²) in [4.78, 5) is 18.8. The molecule has 0 saturated carbocycles. The fourth-order valence-electron chi connectivity index (χ4n) is 1.31. The zero-order chi connectivity index (χ0) is 10.7. The monoisotopic (exact) mass is 200 g/mol. The summed E-state index contributed by atoms with van der Waals surface area (Å²) in [6.45, 7) is 0. The van der Waals surface area contributed by atoms with Crippen LogP contribution in [0, 0.1) is 0 Å². The highest BCUT2D eigenvalue weighted by atomic mass is 16.3. The summed E-state index contributed by atoms with van der Waals surface area (Å²) in [6, 6.07) is 6.48. The highest BCUT2D eigenvalue weighted by Crippen LogP contribution is 2.25. The summed E-state index contributed by atoms with van der Waals surface area (Å²) < 4.78 is 0. The molecule has 2 aromatic rings. The summed E-state index contributed by atoms with van der Waals surface area (Å²) in [6.07, 6.45) is 3.77. The maximum absolute atomic E-state index is 10.8. The molecular formula is C11H8N2O2. The molecule has 0 fully saturated rings. The van der Waals surface area contributed by atoms with Gasteiger partial charge in [0.2, 0.25) is 0 Å². The highest BCUT2D eigenvalue weighted by molar-refractivity contribution is 5.89. The standard InChI is InChI=1S/C11H8N2O2/c14-7-9-8(3-1-4-10(9)15)11-12-5-2-6-13-11/h1-7,15H. The number of aromatic hydroxyl groups is 1. The summed E-state index contributed by atoms with van der Waals surface area (Å²) in [5, 5.41) is 9.47. The van der Waals surface area contributed by atoms with Crippen molar-refractivity contribution in [1.82, 2.24) is 9.97 Å². The van der Waals surface area contributed by atoms with E-state index in [0.29, 0.717) is 17.7 Å². The van der Waals surface area contributed by atoms with E-state index in [1.54, 1.807) is 30.6 Å². The molecule has 0 amide bonds. The Morgan fingerprint density at radius 3 is 2.53 bits per heavy atom. The second-order valence-corrected chi connectivity index (χ2v) is 2.93. The molecule has 1 aromatic heterocycles. The number of hydrogen-bond acceptors (Lipinski definition) is 4. The third-order valence-corrected chi connectivity index (χ3v) is 2.01. The van der Waals surface area contributed by atoms with Crippen LogP contribution in [0.4, 0.5) is 0 Å². The highest BCUT2D eigenvalue weighted by Gasteiger charge is 2.09. The molecule has 0 unspecified atom stereocenters. The zero-order valence-corrected chi connectivity index (χ0v) is 7.79. The summed E-state index contributed by atoms with van der Waals surface area (Å²) >= 11 is 0. The molecule has 1 heterocycles. The second kappa shape index (κ2) is 3.88. The van der Waals surface area contributed by atoms with Gasteiger partial charge in [-0.25, -0.2) is 9.97 Å². The van der Waals surface area contributed by atoms with Crippen LogP contribution in [0.2, 0.25) is 0 Å². The SMILES string of the molecule is O=Cc1c(O)cccc1-c1ncccn1. The molecule has 0 aliphatic rings. The Morgan fingerprint density at radius 2 is 1.87 bits per heavy atom. The van der Waals surface area contributed by atoms with Crippen molar-refractivity contribution in [3.8, 4) is 17.1 Å². The minimum Gasteiger partial charge on any atom is -0.507 e. The molecular weight excluding hydrogens is 192 g/mol. The molecule has 4 heteroatoms. The molecule has 4 nitrogen and oxygen atoms in total. The fraction of sp³-hybridized carbons (Fsp3) is 0. The first-order valence-electron chi connectivity index (χ1n) is 4.37. The van der Waals surface area contributed by atoms with Gasteiger partial charge in [0.25, 0.3) is 0 Å². The summed E-state index contributed by atoms with van der Waals surface area (Å²) in [7, 11) is 0. The van der Waals surface area contributed by atoms with E-state index in [1.807, 2.05) is 0 Å². The van der Waals surface area contributed by atoms with Crippen molar-refractivity contribution >= 4 is 6.29 Å². The quantitative estimate of drug-likeness (QED) is 0.749. The van der Waals surface area contributed by atoms with Crippen molar-refractivity contribution in [3.63, 3.8) is 0 Å². The Bertz CT molecular complexity index is 483. The first kappa shape index (κ1) is 9.33. The lowest BCUT2D eigenvalue weighted by Crippen LogP contribution is -1.92. The molecule has 0 radical (unpaired) electrons. The van der Waals surface area contributed by atoms with Crippen molar-refractivity contribution < 1.29 is 9.90 Å². The Labute approximate surface area is 86.2 Å². The van der Waals surface area contributed by atoms with E-state index in [1.165, 1.54) is 6.07 Å². The normalized spacial score (nSPS) is 9.87. The molecule has 15 heavy (non-hydrogen) atoms. The average Bonchev–Trinajstić information content (AvgIpc) is 2.30. The number of rotatable bonds is 2. The number of phenols is 1. The van der Waals surface area contributed by atoms with Crippen molar-refractivity contribution in [3.05, 3.63) is 42.2 Å². The molecule has 0 bridgehead atoms. The van der Waals surface area contributed by atoms with Gasteiger partial charge in [0.1, 0.15) is 5.75 Å². The number of aldehydes is 1. The van der Waals surface area contributed by atoms with Crippen LogP contribution in [0.15, 0.2) is 36.7 Å². The number of benzene rings is 1. The van der Waals surface area contributed by atoms with Crippen LogP contribution in [0.3, 0.4) is 0 Å². The Hall–Kier alpha value is -2.23. The Morgan fingerprint density at radius 1 is 1.13 bits per heavy atom. The maximum Gasteiger partial charge on any atom is 0.159 e. The lowest BCUT2D eigenvalue weighted by atomic mass is 10.1. The number of carbonyl (C=O) groups excluding carboxylic acids is 1. The first-order valence-corrected chi connectivity index (χ1v) is 4.37. The third-order valence-electron chi connectivity index (χ3n) is 2.01. The van der Waals surface area contributed by atoms with Gasteiger partial charge in [-0.15, -0.1) is 0 Å². The minimum atomic E-state index is -0.0602. The molecule has 1 N–H and O–H groups in total. The predicted molar refractivity (Wildman–Crippen MR) is 54.5 cm³/mol. The van der Waals surface area contributed by atoms with Gasteiger partial charge < -0.3 is 5.11 Å². The van der Waals surface area contributed by atoms with Gasteiger partial charge in [0, 0.05) is 18.0 Å². The Kier molecular flexibility index (Phi) is 2.41. The van der Waals surface area contributed by atoms with Gasteiger partial charge in [-0.2, -0.15) is 0 Å². The van der Waals surface area contributed by atoms with Gasteiger partial charge in [0.05, 0.1) is 5.56 Å². The van der Waals surface area contributed by atoms with Crippen LogP contribution in [-0.4, -0.2) is 21.4 Å². The molecule has 0 spiro atoms. The smallest absolute Gasteiger partial charge is 0.159 e. The molecule has 0 atom stereocenters. The number of phenolic OH excluding ortho intramolecular Hbond substituents is 1. The summed E-state index contributed by atoms with van der Waals surface area (Å²) in [5.74, 6) is 0.366. The zero-order valence-electron chi connectivity index (χ0n) is 7.79. The fourth-order valence-corrected chi connectivity index (χ4v) is 1.31. The van der Waals surface area contributed by atoms with Crippen LogP contribution in [-0.2, 0) is 0 Å². The van der Waals surface area contributed by atoms with E-state index in [9.17, 15) is 9.90 Å². The van der Waals surface area contributed by atoms with Gasteiger partial charge >= 0.3 is 0 Å². The van der Waals surface area contributed by atoms with Gasteiger partial charge in [-0.1, -0.05) is 12.1 Å². The van der Waals surface area contributed by atoms with Crippen LogP contribution in [0.25, 0.3) is 11.4 Å². The molecule has 0 aliphatic carbocycles. The number of aromatic nitrogens is 2. The minimum absolute atomic E-state index is 0.0602. The van der Waals surface area contributed by atoms with E-state index in [2.05, 4.69) is 9.97 Å². The van der Waals surface area contributed by atoms with E-state index in [0.717, 1.165) is 0 Å². The molecule has 1 aromatic carbocycles. The molecule has 74 valence electrons. The Balaban J connectivity index is 2.63. The van der Waals surface area contributed by atoms with E-state index < -0.39 is 0 Å². The molecule has 0 aliphatic heterocycles. The molecule has 0 saturated heterocycles. The van der Waals surface area contributed by atoms with Gasteiger partial charge in [-0.05, 0) is 12.1 Å². The van der Waals surface area contributed by atoms with Crippen molar-refractivity contribution in [2.45, 2.75) is 0 Å². The topological polar surface area (TPSA) is 63.1 Å². The van der Waals surface area contributed by atoms with E-state index in [4.69, 9.17) is 0 Å². The number of hydrogen-bond donors (Lipinski definition) is 1. The average molecular weight is 200 g/mol.